The maximum atomic E-state index is 5.78. The second-order valence-electron chi connectivity index (χ2n) is 31.5. The third-order valence-corrected chi connectivity index (χ3v) is 19.0. The van der Waals surface area contributed by atoms with Gasteiger partial charge in [0.05, 0.1) is 11.0 Å². The van der Waals surface area contributed by atoms with Gasteiger partial charge in [-0.2, -0.15) is 0 Å². The van der Waals surface area contributed by atoms with Gasteiger partial charge in [0.2, 0.25) is 0 Å². The van der Waals surface area contributed by atoms with Crippen LogP contribution in [0.3, 0.4) is 0 Å². The lowest BCUT2D eigenvalue weighted by molar-refractivity contribution is 0.568. The van der Waals surface area contributed by atoms with Gasteiger partial charge in [-0.15, -0.1) is 0 Å². The SMILES string of the molecule is CC(C)(C)c1cc(-c2nc(-c3cc(C(C)(C)C)cc(C(C)(C)C)c3)nc(-c3cc4c5c(c3)-n3c6ccc(C(C)(C)C)cc6c6c(-c7ccccc7)ccc(c63)B5c3ccc(-c5ccccc5)c5c6cc(C(C)(C)C)ccc6n-4c35)n2)cc(C(C)(C)C)c1. The molecule has 0 amide bonds. The first-order valence-electron chi connectivity index (χ1n) is 31.5. The van der Waals surface area contributed by atoms with Crippen molar-refractivity contribution in [1.29, 1.82) is 0 Å². The van der Waals surface area contributed by atoms with E-state index in [0.29, 0.717) is 17.5 Å². The maximum absolute atomic E-state index is 5.78. The Hall–Kier alpha value is -8.35. The first-order valence-corrected chi connectivity index (χ1v) is 31.5. The first-order chi connectivity index (χ1) is 40.9. The number of rotatable bonds is 5. The number of nitrogens with zero attached hydrogens (tertiary/aromatic N) is 5. The Morgan fingerprint density at radius 1 is 0.299 bits per heavy atom. The molecule has 0 aliphatic carbocycles. The number of aromatic nitrogens is 5. The normalized spacial score (nSPS) is 13.6. The summed E-state index contributed by atoms with van der Waals surface area (Å²) < 4.78 is 5.24. The van der Waals surface area contributed by atoms with Crippen LogP contribution >= 0.6 is 0 Å². The summed E-state index contributed by atoms with van der Waals surface area (Å²) >= 11 is 0. The summed E-state index contributed by atoms with van der Waals surface area (Å²) in [5.74, 6) is 1.97. The standard InChI is InChI=1S/C81H82BN5/c1-76(2,3)52-29-35-64-60(45-52)68-58(47-25-21-19-22-26-47)31-33-62-71(68)86(64)66-41-51(42-67-70(66)82(62)63-34-32-59(48-27-23-20-24-28-48)69-61-46-53(77(4,5)6)30-36-65(61)87(67)72(63)69)75-84-73(49-37-54(78(7,8)9)43-55(38-49)79(10,11)12)83-74(85-75)50-39-56(80(13,14)15)44-57(40-50)81(16,17)18/h19-46H,1-18H3. The zero-order valence-electron chi connectivity index (χ0n) is 54.5. The molecule has 434 valence electrons. The topological polar surface area (TPSA) is 48.5 Å². The van der Waals surface area contributed by atoms with Gasteiger partial charge in [0, 0.05) is 60.6 Å². The molecule has 0 spiro atoms. The predicted molar refractivity (Wildman–Crippen MR) is 373 cm³/mol. The highest BCUT2D eigenvalue weighted by molar-refractivity contribution is 7.00. The number of fused-ring (bicyclic) bond motifs is 10. The molecule has 0 bridgehead atoms. The van der Waals surface area contributed by atoms with E-state index in [2.05, 4.69) is 304 Å². The Kier molecular flexibility index (Phi) is 12.4. The van der Waals surface area contributed by atoms with E-state index in [-0.39, 0.29) is 39.2 Å². The fraction of sp³-hybridized carbons (Fsp3) is 0.296. The van der Waals surface area contributed by atoms with E-state index < -0.39 is 0 Å². The quantitative estimate of drug-likeness (QED) is 0.161. The number of benzene rings is 9. The van der Waals surface area contributed by atoms with Crippen molar-refractivity contribution < 1.29 is 0 Å². The van der Waals surface area contributed by atoms with Gasteiger partial charge >= 0.3 is 0 Å². The van der Waals surface area contributed by atoms with Gasteiger partial charge in [0.25, 0.3) is 6.71 Å². The number of hydrogen-bond acceptors (Lipinski definition) is 3. The molecule has 14 rings (SSSR count). The molecule has 3 aromatic heterocycles. The maximum Gasteiger partial charge on any atom is 0.252 e. The fourth-order valence-corrected chi connectivity index (χ4v) is 13.9. The highest BCUT2D eigenvalue weighted by Gasteiger charge is 2.43. The van der Waals surface area contributed by atoms with Crippen LogP contribution in [0, 0.1) is 0 Å². The van der Waals surface area contributed by atoms with Gasteiger partial charge in [0.1, 0.15) is 0 Å². The van der Waals surface area contributed by atoms with Crippen LogP contribution < -0.4 is 16.4 Å². The van der Waals surface area contributed by atoms with E-state index in [1.54, 1.807) is 0 Å². The van der Waals surface area contributed by atoms with Gasteiger partial charge < -0.3 is 9.13 Å². The van der Waals surface area contributed by atoms with Crippen molar-refractivity contribution in [3.05, 3.63) is 203 Å². The Bertz CT molecular complexity index is 4470. The van der Waals surface area contributed by atoms with Gasteiger partial charge in [0.15, 0.2) is 17.5 Å². The minimum absolute atomic E-state index is 0.0747. The fourth-order valence-electron chi connectivity index (χ4n) is 13.9. The van der Waals surface area contributed by atoms with Crippen LogP contribution in [0.4, 0.5) is 0 Å². The average Bonchev–Trinajstić information content (AvgIpc) is 1.57. The minimum Gasteiger partial charge on any atom is -0.310 e. The summed E-state index contributed by atoms with van der Waals surface area (Å²) in [5, 5.41) is 5.07. The molecular formula is C81H82BN5. The van der Waals surface area contributed by atoms with Crippen molar-refractivity contribution in [2.75, 3.05) is 0 Å². The molecule has 0 fully saturated rings. The lowest BCUT2D eigenvalue weighted by atomic mass is 9.34. The monoisotopic (exact) mass is 1140 g/mol. The molecule has 0 atom stereocenters. The Labute approximate surface area is 516 Å². The molecule has 2 aliphatic rings. The van der Waals surface area contributed by atoms with Crippen molar-refractivity contribution in [3.63, 3.8) is 0 Å². The van der Waals surface area contributed by atoms with Crippen molar-refractivity contribution in [2.45, 2.75) is 157 Å². The molecule has 0 unspecified atom stereocenters. The van der Waals surface area contributed by atoms with Gasteiger partial charge in [-0.25, -0.2) is 15.0 Å². The van der Waals surface area contributed by atoms with Crippen molar-refractivity contribution in [1.82, 2.24) is 24.1 Å². The highest BCUT2D eigenvalue weighted by Crippen LogP contribution is 2.47. The van der Waals surface area contributed by atoms with E-state index >= 15 is 0 Å². The summed E-state index contributed by atoms with van der Waals surface area (Å²) in [6.07, 6.45) is 0. The number of hydrogen-bond donors (Lipinski definition) is 0. The second kappa shape index (κ2) is 19.1. The Balaban J connectivity index is 1.17. The van der Waals surface area contributed by atoms with E-state index in [9.17, 15) is 0 Å². The van der Waals surface area contributed by atoms with Gasteiger partial charge in [-0.05, 0) is 165 Å². The van der Waals surface area contributed by atoms with E-state index in [1.807, 2.05) is 0 Å². The van der Waals surface area contributed by atoms with Gasteiger partial charge in [-0.1, -0.05) is 234 Å². The Morgan fingerprint density at radius 2 is 0.621 bits per heavy atom. The lowest BCUT2D eigenvalue weighted by Crippen LogP contribution is -2.59. The third kappa shape index (κ3) is 9.21. The average molecular weight is 1140 g/mol. The van der Waals surface area contributed by atoms with E-state index in [1.165, 1.54) is 116 Å². The smallest absolute Gasteiger partial charge is 0.252 e. The van der Waals surface area contributed by atoms with Crippen molar-refractivity contribution in [2.24, 2.45) is 0 Å². The molecule has 87 heavy (non-hydrogen) atoms. The van der Waals surface area contributed by atoms with Crippen LogP contribution in [0.2, 0.25) is 0 Å². The van der Waals surface area contributed by atoms with Crippen molar-refractivity contribution >= 4 is 66.7 Å². The van der Waals surface area contributed by atoms with Crippen LogP contribution in [0.5, 0.6) is 0 Å². The molecule has 12 aromatic rings. The van der Waals surface area contributed by atoms with E-state index in [0.717, 1.165) is 28.1 Å². The Morgan fingerprint density at radius 3 is 0.943 bits per heavy atom. The largest absolute Gasteiger partial charge is 0.310 e. The molecule has 6 heteroatoms. The molecule has 0 radical (unpaired) electrons. The lowest BCUT2D eigenvalue weighted by Gasteiger charge is -2.34. The van der Waals surface area contributed by atoms with Crippen molar-refractivity contribution in [3.8, 4) is 67.8 Å². The molecule has 0 N–H and O–H groups in total. The third-order valence-electron chi connectivity index (χ3n) is 19.0. The zero-order chi connectivity index (χ0) is 61.4. The molecule has 0 saturated carbocycles. The van der Waals surface area contributed by atoms with Crippen LogP contribution in [0.15, 0.2) is 170 Å². The first kappa shape index (κ1) is 56.5. The van der Waals surface area contributed by atoms with Gasteiger partial charge in [-0.3, -0.25) is 0 Å². The minimum atomic E-state index is -0.126. The molecule has 9 aromatic carbocycles. The van der Waals surface area contributed by atoms with E-state index in [4.69, 9.17) is 15.0 Å². The molecule has 0 saturated heterocycles. The summed E-state index contributed by atoms with van der Waals surface area (Å²) in [5.41, 5.74) is 25.8. The highest BCUT2D eigenvalue weighted by atomic mass is 15.1. The summed E-state index contributed by atoms with van der Waals surface area (Å²) in [7, 11) is 0. The van der Waals surface area contributed by atoms with Crippen LogP contribution in [-0.4, -0.2) is 30.8 Å². The molecule has 2 aliphatic heterocycles. The molecule has 5 heterocycles. The summed E-state index contributed by atoms with van der Waals surface area (Å²) in [4.78, 5) is 17.2. The van der Waals surface area contributed by atoms with Crippen LogP contribution in [-0.2, 0) is 32.5 Å². The second-order valence-corrected chi connectivity index (χ2v) is 31.5. The summed E-state index contributed by atoms with van der Waals surface area (Å²) in [6, 6.07) is 65.3. The predicted octanol–water partition coefficient (Wildman–Crippen LogP) is 19.3. The summed E-state index contributed by atoms with van der Waals surface area (Å²) in [6.45, 7) is 41.6. The molecular weight excluding hydrogens is 1050 g/mol. The van der Waals surface area contributed by atoms with Crippen LogP contribution in [0.25, 0.3) is 111 Å². The zero-order valence-corrected chi connectivity index (χ0v) is 54.5. The van der Waals surface area contributed by atoms with Crippen LogP contribution in [0.1, 0.15) is 158 Å². The molecule has 5 nitrogen and oxygen atoms in total.